The first-order valence-corrected chi connectivity index (χ1v) is 3.52. The molecule has 4 nitrogen and oxygen atoms in total. The number of amides is 2. The Hall–Kier alpha value is -1.06. The summed E-state index contributed by atoms with van der Waals surface area (Å²) in [5, 5.41) is 0. The Morgan fingerprint density at radius 3 is 2.18 bits per heavy atom. The van der Waals surface area contributed by atoms with E-state index in [4.69, 9.17) is 5.73 Å². The number of carbonyl (C=O) groups excluding carboxylic acids is 2. The Morgan fingerprint density at radius 1 is 1.27 bits per heavy atom. The molecule has 64 valence electrons. The third-order valence-electron chi connectivity index (χ3n) is 1.31. The Balaban J connectivity index is 3.39. The lowest BCUT2D eigenvalue weighted by Gasteiger charge is -2.08. The Labute approximate surface area is 66.4 Å². The number of primary amides is 1. The van der Waals surface area contributed by atoms with Crippen molar-refractivity contribution >= 4 is 11.8 Å². The molecule has 0 aliphatic rings. The highest BCUT2D eigenvalue weighted by atomic mass is 16.2. The summed E-state index contributed by atoms with van der Waals surface area (Å²) in [5.41, 5.74) is 4.89. The topological polar surface area (TPSA) is 63.4 Å². The van der Waals surface area contributed by atoms with E-state index in [-0.39, 0.29) is 11.8 Å². The van der Waals surface area contributed by atoms with Crippen molar-refractivity contribution < 1.29 is 9.59 Å². The van der Waals surface area contributed by atoms with E-state index in [1.807, 2.05) is 0 Å². The quantitative estimate of drug-likeness (QED) is 0.612. The molecule has 0 bridgehead atoms. The maximum Gasteiger partial charge on any atom is 0.222 e. The SMILES string of the molecule is CN(C)C(=O)CCCC(N)=O. The molecule has 11 heavy (non-hydrogen) atoms. The molecule has 0 radical (unpaired) electrons. The van der Waals surface area contributed by atoms with Gasteiger partial charge in [-0.15, -0.1) is 0 Å². The molecule has 0 atom stereocenters. The van der Waals surface area contributed by atoms with Gasteiger partial charge in [-0.05, 0) is 6.42 Å². The average Bonchev–Trinajstić information content (AvgIpc) is 1.86. The van der Waals surface area contributed by atoms with E-state index in [1.165, 1.54) is 4.90 Å². The molecule has 2 amide bonds. The van der Waals surface area contributed by atoms with Gasteiger partial charge in [-0.2, -0.15) is 0 Å². The molecule has 0 fully saturated rings. The van der Waals surface area contributed by atoms with E-state index in [0.717, 1.165) is 0 Å². The third kappa shape index (κ3) is 5.39. The molecule has 4 heteroatoms. The summed E-state index contributed by atoms with van der Waals surface area (Å²) in [6.45, 7) is 0. The Bertz CT molecular complexity index is 155. The second-order valence-corrected chi connectivity index (χ2v) is 2.61. The van der Waals surface area contributed by atoms with E-state index in [2.05, 4.69) is 0 Å². The van der Waals surface area contributed by atoms with Gasteiger partial charge in [0, 0.05) is 26.9 Å². The fraction of sp³-hybridized carbons (Fsp3) is 0.714. The lowest BCUT2D eigenvalue weighted by atomic mass is 10.2. The number of nitrogens with two attached hydrogens (primary N) is 1. The van der Waals surface area contributed by atoms with Gasteiger partial charge in [0.15, 0.2) is 0 Å². The summed E-state index contributed by atoms with van der Waals surface area (Å²) in [4.78, 5) is 22.6. The number of hydrogen-bond donors (Lipinski definition) is 1. The number of nitrogens with zero attached hydrogens (tertiary/aromatic N) is 1. The van der Waals surface area contributed by atoms with Gasteiger partial charge in [0.25, 0.3) is 0 Å². The van der Waals surface area contributed by atoms with Crippen LogP contribution >= 0.6 is 0 Å². The Morgan fingerprint density at radius 2 is 1.82 bits per heavy atom. The molecule has 0 aromatic carbocycles. The molecule has 0 spiro atoms. The second-order valence-electron chi connectivity index (χ2n) is 2.61. The maximum absolute atomic E-state index is 10.9. The van der Waals surface area contributed by atoms with Crippen molar-refractivity contribution in [1.29, 1.82) is 0 Å². The predicted molar refractivity (Wildman–Crippen MR) is 41.7 cm³/mol. The lowest BCUT2D eigenvalue weighted by molar-refractivity contribution is -0.128. The molecule has 0 saturated carbocycles. The van der Waals surface area contributed by atoms with Crippen LogP contribution in [0, 0.1) is 0 Å². The molecule has 0 aliphatic carbocycles. The molecule has 0 heterocycles. The van der Waals surface area contributed by atoms with Crippen molar-refractivity contribution in [2.45, 2.75) is 19.3 Å². The fourth-order valence-electron chi connectivity index (χ4n) is 0.637. The van der Waals surface area contributed by atoms with Crippen molar-refractivity contribution in [2.24, 2.45) is 5.73 Å². The first-order valence-electron chi connectivity index (χ1n) is 3.52. The monoisotopic (exact) mass is 158 g/mol. The van der Waals surface area contributed by atoms with E-state index in [9.17, 15) is 9.59 Å². The number of hydrogen-bond acceptors (Lipinski definition) is 2. The summed E-state index contributed by atoms with van der Waals surface area (Å²) in [5.74, 6) is -0.317. The van der Waals surface area contributed by atoms with Gasteiger partial charge >= 0.3 is 0 Å². The molecule has 2 N–H and O–H groups in total. The molecule has 0 unspecified atom stereocenters. The van der Waals surface area contributed by atoms with Gasteiger partial charge in [-0.25, -0.2) is 0 Å². The van der Waals surface area contributed by atoms with Gasteiger partial charge in [-0.1, -0.05) is 0 Å². The van der Waals surface area contributed by atoms with Crippen molar-refractivity contribution in [3.05, 3.63) is 0 Å². The van der Waals surface area contributed by atoms with Crippen LogP contribution in [0.5, 0.6) is 0 Å². The van der Waals surface area contributed by atoms with Crippen molar-refractivity contribution in [2.75, 3.05) is 14.1 Å². The minimum atomic E-state index is -0.350. The lowest BCUT2D eigenvalue weighted by Crippen LogP contribution is -2.21. The van der Waals surface area contributed by atoms with E-state index < -0.39 is 0 Å². The fourth-order valence-corrected chi connectivity index (χ4v) is 0.637. The van der Waals surface area contributed by atoms with Crippen molar-refractivity contribution in [3.63, 3.8) is 0 Å². The molecule has 0 aromatic rings. The van der Waals surface area contributed by atoms with Crippen LogP contribution in [0.15, 0.2) is 0 Å². The van der Waals surface area contributed by atoms with Crippen LogP contribution in [-0.4, -0.2) is 30.8 Å². The molecule has 0 rings (SSSR count). The molecule has 0 aromatic heterocycles. The smallest absolute Gasteiger partial charge is 0.222 e. The highest BCUT2D eigenvalue weighted by Gasteiger charge is 2.03. The van der Waals surface area contributed by atoms with Crippen molar-refractivity contribution in [3.8, 4) is 0 Å². The van der Waals surface area contributed by atoms with Gasteiger partial charge in [0.1, 0.15) is 0 Å². The zero-order chi connectivity index (χ0) is 8.85. The van der Waals surface area contributed by atoms with Gasteiger partial charge < -0.3 is 10.6 Å². The first-order chi connectivity index (χ1) is 5.04. The predicted octanol–water partition coefficient (Wildman–Crippen LogP) is -0.270. The van der Waals surface area contributed by atoms with Crippen LogP contribution in [0.3, 0.4) is 0 Å². The van der Waals surface area contributed by atoms with E-state index in [0.29, 0.717) is 19.3 Å². The zero-order valence-electron chi connectivity index (χ0n) is 6.96. The standard InChI is InChI=1S/C7H14N2O2/c1-9(2)7(11)5-3-4-6(8)10/h3-5H2,1-2H3,(H2,8,10). The molecular weight excluding hydrogens is 144 g/mol. The average molecular weight is 158 g/mol. The van der Waals surface area contributed by atoms with Crippen LogP contribution in [0.25, 0.3) is 0 Å². The summed E-state index contributed by atoms with van der Waals surface area (Å²) in [6, 6.07) is 0. The summed E-state index contributed by atoms with van der Waals surface area (Å²) in [6.07, 6.45) is 1.24. The van der Waals surface area contributed by atoms with E-state index >= 15 is 0 Å². The first kappa shape index (κ1) is 9.94. The Kier molecular flexibility index (Phi) is 4.26. The minimum absolute atomic E-state index is 0.0336. The van der Waals surface area contributed by atoms with Crippen molar-refractivity contribution in [1.82, 2.24) is 4.90 Å². The summed E-state index contributed by atoms with van der Waals surface area (Å²) in [7, 11) is 3.37. The van der Waals surface area contributed by atoms with Crippen LogP contribution in [-0.2, 0) is 9.59 Å². The maximum atomic E-state index is 10.9. The highest BCUT2D eigenvalue weighted by Crippen LogP contribution is 1.96. The minimum Gasteiger partial charge on any atom is -0.370 e. The highest BCUT2D eigenvalue weighted by molar-refractivity contribution is 5.77. The van der Waals surface area contributed by atoms with Crippen LogP contribution < -0.4 is 5.73 Å². The molecule has 0 aliphatic heterocycles. The van der Waals surface area contributed by atoms with Gasteiger partial charge in [-0.3, -0.25) is 9.59 Å². The van der Waals surface area contributed by atoms with Crippen LogP contribution in [0.1, 0.15) is 19.3 Å². The number of carbonyl (C=O) groups is 2. The van der Waals surface area contributed by atoms with E-state index in [1.54, 1.807) is 14.1 Å². The summed E-state index contributed by atoms with van der Waals surface area (Å²) >= 11 is 0. The largest absolute Gasteiger partial charge is 0.370 e. The van der Waals surface area contributed by atoms with Gasteiger partial charge in [0.05, 0.1) is 0 Å². The van der Waals surface area contributed by atoms with Gasteiger partial charge in [0.2, 0.25) is 11.8 Å². The molecular formula is C7H14N2O2. The summed E-state index contributed by atoms with van der Waals surface area (Å²) < 4.78 is 0. The number of rotatable bonds is 4. The third-order valence-corrected chi connectivity index (χ3v) is 1.31. The van der Waals surface area contributed by atoms with Crippen LogP contribution in [0.4, 0.5) is 0 Å². The second kappa shape index (κ2) is 4.71. The molecule has 0 saturated heterocycles. The zero-order valence-corrected chi connectivity index (χ0v) is 6.96. The van der Waals surface area contributed by atoms with Crippen LogP contribution in [0.2, 0.25) is 0 Å². The normalized spacial score (nSPS) is 9.27.